The molecule has 1 aliphatic rings. The summed E-state index contributed by atoms with van der Waals surface area (Å²) in [5, 5.41) is 14.9. The van der Waals surface area contributed by atoms with Gasteiger partial charge in [0.05, 0.1) is 11.3 Å². The number of carbonyl (C=O) groups is 2. The number of hydrazone groups is 1. The maximum Gasteiger partial charge on any atom is 0.341 e. The van der Waals surface area contributed by atoms with Crippen LogP contribution < -0.4 is 9.75 Å². The predicted molar refractivity (Wildman–Crippen MR) is 119 cm³/mol. The first-order valence-corrected chi connectivity index (χ1v) is 9.74. The number of aryl methyl sites for hydroxylation is 1. The van der Waals surface area contributed by atoms with Gasteiger partial charge in [-0.2, -0.15) is 10.1 Å². The molecule has 0 aromatic heterocycles. The summed E-state index contributed by atoms with van der Waals surface area (Å²) in [6.45, 7) is 1.51. The van der Waals surface area contributed by atoms with Crippen LogP contribution >= 0.6 is 0 Å². The van der Waals surface area contributed by atoms with Gasteiger partial charge in [-0.25, -0.2) is 4.79 Å². The number of rotatable bonds is 6. The van der Waals surface area contributed by atoms with E-state index >= 15 is 0 Å². The highest BCUT2D eigenvalue weighted by atomic mass is 16.5. The monoisotopic (exact) mass is 412 g/mol. The molecule has 0 radical (unpaired) electrons. The zero-order valence-corrected chi connectivity index (χ0v) is 16.9. The number of carboxylic acid groups (broad SMARTS) is 1. The maximum absolute atomic E-state index is 13.4. The van der Waals surface area contributed by atoms with E-state index in [1.807, 2.05) is 61.5 Å². The summed E-state index contributed by atoms with van der Waals surface area (Å²) in [5.41, 5.74) is 4.10. The van der Waals surface area contributed by atoms with E-state index < -0.39 is 12.6 Å². The number of nitrogens with zero attached hydrogens (tertiary/aromatic N) is 2. The van der Waals surface area contributed by atoms with Gasteiger partial charge in [-0.3, -0.25) is 4.79 Å². The molecule has 0 saturated heterocycles. The van der Waals surface area contributed by atoms with Crippen LogP contribution in [-0.4, -0.2) is 29.3 Å². The summed E-state index contributed by atoms with van der Waals surface area (Å²) >= 11 is 0. The van der Waals surface area contributed by atoms with Gasteiger partial charge < -0.3 is 9.84 Å². The van der Waals surface area contributed by atoms with Crippen molar-refractivity contribution in [3.8, 4) is 5.75 Å². The van der Waals surface area contributed by atoms with E-state index in [1.54, 1.807) is 30.3 Å². The first-order chi connectivity index (χ1) is 15.0. The molecule has 1 amide bonds. The third-order valence-corrected chi connectivity index (χ3v) is 4.77. The van der Waals surface area contributed by atoms with Crippen molar-refractivity contribution in [2.75, 3.05) is 11.6 Å². The van der Waals surface area contributed by atoms with Gasteiger partial charge in [-0.05, 0) is 31.2 Å². The number of hydrogen-bond donors (Lipinski definition) is 1. The van der Waals surface area contributed by atoms with Gasteiger partial charge in [0.25, 0.3) is 5.91 Å². The van der Waals surface area contributed by atoms with Gasteiger partial charge in [-0.15, -0.1) is 0 Å². The van der Waals surface area contributed by atoms with Crippen molar-refractivity contribution in [1.82, 2.24) is 0 Å². The Hall–Kier alpha value is -4.19. The Kier molecular flexibility index (Phi) is 5.62. The van der Waals surface area contributed by atoms with E-state index in [9.17, 15) is 9.59 Å². The first-order valence-electron chi connectivity index (χ1n) is 9.74. The summed E-state index contributed by atoms with van der Waals surface area (Å²) < 4.78 is 5.40. The van der Waals surface area contributed by atoms with Crippen molar-refractivity contribution in [2.24, 2.45) is 5.10 Å². The normalized spacial score (nSPS) is 14.6. The lowest BCUT2D eigenvalue weighted by Gasteiger charge is -2.12. The fourth-order valence-corrected chi connectivity index (χ4v) is 3.24. The molecule has 3 aromatic rings. The predicted octanol–water partition coefficient (Wildman–Crippen LogP) is 4.29. The van der Waals surface area contributed by atoms with Crippen molar-refractivity contribution in [1.29, 1.82) is 0 Å². The minimum Gasteiger partial charge on any atom is -0.481 e. The van der Waals surface area contributed by atoms with Crippen molar-refractivity contribution in [3.63, 3.8) is 0 Å². The minimum atomic E-state index is -1.07. The number of ether oxygens (including phenoxy) is 1. The highest BCUT2D eigenvalue weighted by molar-refractivity contribution is 6.37. The van der Waals surface area contributed by atoms with E-state index in [0.29, 0.717) is 28.3 Å². The second-order valence-electron chi connectivity index (χ2n) is 7.05. The van der Waals surface area contributed by atoms with E-state index in [0.717, 1.165) is 11.1 Å². The van der Waals surface area contributed by atoms with E-state index in [-0.39, 0.29) is 5.91 Å². The van der Waals surface area contributed by atoms with E-state index in [1.165, 1.54) is 5.01 Å². The molecule has 0 fully saturated rings. The number of anilines is 1. The second-order valence-corrected chi connectivity index (χ2v) is 7.05. The molecule has 0 aliphatic carbocycles. The molecular formula is C25H20N2O4. The lowest BCUT2D eigenvalue weighted by Crippen LogP contribution is -2.21. The third-order valence-electron chi connectivity index (χ3n) is 4.77. The highest BCUT2D eigenvalue weighted by Crippen LogP contribution is 2.30. The molecule has 3 aromatic carbocycles. The van der Waals surface area contributed by atoms with E-state index in [4.69, 9.17) is 9.84 Å². The summed E-state index contributed by atoms with van der Waals surface area (Å²) in [7, 11) is 0. The van der Waals surface area contributed by atoms with Crippen molar-refractivity contribution >= 4 is 29.4 Å². The Morgan fingerprint density at radius 2 is 1.68 bits per heavy atom. The van der Waals surface area contributed by atoms with Gasteiger partial charge in [0.1, 0.15) is 11.5 Å². The number of hydrogen-bond acceptors (Lipinski definition) is 4. The Bertz CT molecular complexity index is 1180. The quantitative estimate of drug-likeness (QED) is 0.613. The number of benzene rings is 3. The number of para-hydroxylation sites is 1. The fraction of sp³-hybridized carbons (Fsp3) is 0.0800. The number of amides is 1. The molecular weight excluding hydrogens is 392 g/mol. The number of aliphatic carboxylic acids is 1. The summed E-state index contributed by atoms with van der Waals surface area (Å²) in [6.07, 6.45) is 1.69. The molecule has 1 N–H and O–H groups in total. The van der Waals surface area contributed by atoms with Gasteiger partial charge in [0, 0.05) is 11.1 Å². The zero-order valence-electron chi connectivity index (χ0n) is 16.9. The van der Waals surface area contributed by atoms with Crippen LogP contribution in [-0.2, 0) is 9.59 Å². The maximum atomic E-state index is 13.4. The molecule has 0 unspecified atom stereocenters. The van der Waals surface area contributed by atoms with Crippen LogP contribution in [0, 0.1) is 6.92 Å². The summed E-state index contributed by atoms with van der Waals surface area (Å²) in [4.78, 5) is 24.3. The van der Waals surface area contributed by atoms with Crippen LogP contribution in [0.1, 0.15) is 16.7 Å². The van der Waals surface area contributed by atoms with Gasteiger partial charge in [0.2, 0.25) is 0 Å². The van der Waals surface area contributed by atoms with Crippen LogP contribution in [0.5, 0.6) is 5.75 Å². The topological polar surface area (TPSA) is 79.2 Å². The Morgan fingerprint density at radius 3 is 2.39 bits per heavy atom. The highest BCUT2D eigenvalue weighted by Gasteiger charge is 2.32. The first kappa shape index (κ1) is 20.1. The van der Waals surface area contributed by atoms with Gasteiger partial charge in [-0.1, -0.05) is 66.2 Å². The third kappa shape index (κ3) is 4.38. The average molecular weight is 412 g/mol. The molecule has 0 saturated carbocycles. The van der Waals surface area contributed by atoms with Crippen LogP contribution in [0.2, 0.25) is 0 Å². The van der Waals surface area contributed by atoms with Gasteiger partial charge in [0.15, 0.2) is 6.61 Å². The number of carbonyl (C=O) groups excluding carboxylic acids is 1. The minimum absolute atomic E-state index is 0.268. The van der Waals surface area contributed by atoms with Crippen LogP contribution in [0.25, 0.3) is 6.08 Å². The Morgan fingerprint density at radius 1 is 1.00 bits per heavy atom. The lowest BCUT2D eigenvalue weighted by atomic mass is 10.00. The molecule has 6 nitrogen and oxygen atoms in total. The fourth-order valence-electron chi connectivity index (χ4n) is 3.24. The molecule has 154 valence electrons. The number of carboxylic acids is 1. The molecule has 1 aliphatic heterocycles. The Balaban J connectivity index is 1.79. The molecule has 6 heteroatoms. The molecule has 31 heavy (non-hydrogen) atoms. The van der Waals surface area contributed by atoms with Crippen LogP contribution in [0.3, 0.4) is 0 Å². The van der Waals surface area contributed by atoms with Gasteiger partial charge >= 0.3 is 5.97 Å². The molecule has 0 atom stereocenters. The smallest absolute Gasteiger partial charge is 0.341 e. The van der Waals surface area contributed by atoms with Crippen molar-refractivity contribution in [3.05, 3.63) is 101 Å². The SMILES string of the molecule is Cc1ccc(N2N=C(c3ccccc3)/C(=C/c3ccccc3OCC(=O)O)C2=O)cc1. The molecule has 4 rings (SSSR count). The molecule has 0 spiro atoms. The zero-order chi connectivity index (χ0) is 21.8. The molecule has 1 heterocycles. The van der Waals surface area contributed by atoms with Crippen molar-refractivity contribution < 1.29 is 19.4 Å². The lowest BCUT2D eigenvalue weighted by molar-refractivity contribution is -0.139. The van der Waals surface area contributed by atoms with E-state index in [2.05, 4.69) is 5.10 Å². The molecule has 0 bridgehead atoms. The standard InChI is InChI=1S/C25H20N2O4/c1-17-11-13-20(14-12-17)27-25(30)21(24(26-27)18-7-3-2-4-8-18)15-19-9-5-6-10-22(19)31-16-23(28)29/h2-15H,16H2,1H3,(H,28,29)/b21-15-. The van der Waals surface area contributed by atoms with Crippen LogP contribution in [0.15, 0.2) is 89.5 Å². The largest absolute Gasteiger partial charge is 0.481 e. The second kappa shape index (κ2) is 8.67. The van der Waals surface area contributed by atoms with Crippen molar-refractivity contribution in [2.45, 2.75) is 6.92 Å². The Labute approximate surface area is 179 Å². The van der Waals surface area contributed by atoms with Crippen LogP contribution in [0.4, 0.5) is 5.69 Å². The summed E-state index contributed by atoms with van der Waals surface area (Å²) in [5.74, 6) is -0.960. The average Bonchev–Trinajstić information content (AvgIpc) is 3.10. The summed E-state index contributed by atoms with van der Waals surface area (Å²) in [6, 6.07) is 24.0.